The number of amides is 1. The fourth-order valence-corrected chi connectivity index (χ4v) is 4.99. The van der Waals surface area contributed by atoms with Gasteiger partial charge < -0.3 is 14.6 Å². The average molecular weight is 429 g/mol. The quantitative estimate of drug-likeness (QED) is 0.616. The van der Waals surface area contributed by atoms with Crippen molar-refractivity contribution in [2.45, 2.75) is 19.5 Å². The van der Waals surface area contributed by atoms with E-state index in [9.17, 15) is 13.2 Å². The van der Waals surface area contributed by atoms with E-state index >= 15 is 0 Å². The van der Waals surface area contributed by atoms with Crippen molar-refractivity contribution in [1.82, 2.24) is 19.2 Å². The lowest BCUT2D eigenvalue weighted by atomic mass is 10.0. The van der Waals surface area contributed by atoms with E-state index in [4.69, 9.17) is 4.74 Å². The van der Waals surface area contributed by atoms with Crippen LogP contribution in [0.1, 0.15) is 11.1 Å². The molecule has 3 aromatic rings. The molecule has 4 rings (SSSR count). The van der Waals surface area contributed by atoms with Gasteiger partial charge >= 0.3 is 0 Å². The van der Waals surface area contributed by atoms with Crippen LogP contribution in [0.3, 0.4) is 0 Å². The van der Waals surface area contributed by atoms with Crippen molar-refractivity contribution in [2.24, 2.45) is 0 Å². The fourth-order valence-electron chi connectivity index (χ4n) is 3.66. The summed E-state index contributed by atoms with van der Waals surface area (Å²) >= 11 is 0. The van der Waals surface area contributed by atoms with Crippen LogP contribution in [0, 0.1) is 0 Å². The number of benzene rings is 2. The molecule has 0 fully saturated rings. The molecule has 1 aromatic heterocycles. The van der Waals surface area contributed by atoms with E-state index in [2.05, 4.69) is 10.3 Å². The Labute approximate surface area is 175 Å². The summed E-state index contributed by atoms with van der Waals surface area (Å²) in [5.74, 6) is 0.400. The van der Waals surface area contributed by atoms with E-state index in [1.807, 2.05) is 42.5 Å². The van der Waals surface area contributed by atoms with E-state index in [0.29, 0.717) is 19.5 Å². The standard InChI is InChI=1S/C21H24N4O4S/c1-29-18-7-6-17-13-25(10-8-16(17)12-18)30(27,28)11-9-22-21(26)14-24-15-23-19-4-2-3-5-20(19)24/h2-7,12,15H,8-11,13-14H2,1H3,(H,22,26). The number of para-hydroxylation sites is 2. The van der Waals surface area contributed by atoms with Crippen molar-refractivity contribution in [1.29, 1.82) is 0 Å². The van der Waals surface area contributed by atoms with E-state index in [0.717, 1.165) is 27.9 Å². The Hall–Kier alpha value is -2.91. The normalized spacial score (nSPS) is 14.4. The molecule has 9 heteroatoms. The third kappa shape index (κ3) is 4.31. The van der Waals surface area contributed by atoms with Gasteiger partial charge in [-0.2, -0.15) is 4.31 Å². The minimum atomic E-state index is -3.47. The summed E-state index contributed by atoms with van der Waals surface area (Å²) in [6, 6.07) is 13.3. The molecule has 1 aliphatic heterocycles. The van der Waals surface area contributed by atoms with E-state index in [1.165, 1.54) is 4.31 Å². The average Bonchev–Trinajstić information content (AvgIpc) is 3.15. The lowest BCUT2D eigenvalue weighted by Gasteiger charge is -2.28. The van der Waals surface area contributed by atoms with Crippen molar-refractivity contribution in [2.75, 3.05) is 26.0 Å². The predicted octanol–water partition coefficient (Wildman–Crippen LogP) is 1.55. The number of carbonyl (C=O) groups excluding carboxylic acids is 1. The Morgan fingerprint density at radius 2 is 2.03 bits per heavy atom. The smallest absolute Gasteiger partial charge is 0.240 e. The second-order valence-corrected chi connectivity index (χ2v) is 9.33. The maximum atomic E-state index is 12.7. The first-order chi connectivity index (χ1) is 14.5. The molecule has 1 amide bonds. The zero-order valence-corrected chi connectivity index (χ0v) is 17.6. The van der Waals surface area contributed by atoms with Crippen LogP contribution in [0.15, 0.2) is 48.8 Å². The van der Waals surface area contributed by atoms with Gasteiger partial charge in [-0.05, 0) is 41.8 Å². The Balaban J connectivity index is 1.31. The summed E-state index contributed by atoms with van der Waals surface area (Å²) in [4.78, 5) is 16.5. The molecule has 2 heterocycles. The van der Waals surface area contributed by atoms with Crippen LogP contribution in [0.4, 0.5) is 0 Å². The second kappa shape index (κ2) is 8.45. The van der Waals surface area contributed by atoms with Gasteiger partial charge in [0.15, 0.2) is 0 Å². The van der Waals surface area contributed by atoms with E-state index in [-0.39, 0.29) is 24.7 Å². The molecule has 0 radical (unpaired) electrons. The number of methoxy groups -OCH3 is 1. The van der Waals surface area contributed by atoms with Gasteiger partial charge in [-0.25, -0.2) is 13.4 Å². The van der Waals surface area contributed by atoms with Gasteiger partial charge in [0.1, 0.15) is 12.3 Å². The van der Waals surface area contributed by atoms with Crippen LogP contribution in [-0.2, 0) is 34.3 Å². The van der Waals surface area contributed by atoms with Crippen molar-refractivity contribution in [3.05, 3.63) is 59.9 Å². The molecule has 1 aliphatic rings. The summed E-state index contributed by atoms with van der Waals surface area (Å²) in [5, 5.41) is 2.71. The Bertz CT molecular complexity index is 1170. The molecule has 0 unspecified atom stereocenters. The molecule has 8 nitrogen and oxygen atoms in total. The van der Waals surface area contributed by atoms with Crippen LogP contribution in [0.25, 0.3) is 11.0 Å². The predicted molar refractivity (Wildman–Crippen MR) is 114 cm³/mol. The first-order valence-electron chi connectivity index (χ1n) is 9.76. The van der Waals surface area contributed by atoms with Gasteiger partial charge in [0, 0.05) is 19.6 Å². The van der Waals surface area contributed by atoms with Crippen LogP contribution < -0.4 is 10.1 Å². The highest BCUT2D eigenvalue weighted by atomic mass is 32.2. The van der Waals surface area contributed by atoms with Gasteiger partial charge in [0.05, 0.1) is 30.2 Å². The Morgan fingerprint density at radius 1 is 1.20 bits per heavy atom. The third-order valence-electron chi connectivity index (χ3n) is 5.31. The maximum absolute atomic E-state index is 12.7. The number of nitrogens with one attached hydrogen (secondary N) is 1. The van der Waals surface area contributed by atoms with Gasteiger partial charge in [-0.3, -0.25) is 4.79 Å². The molecule has 0 saturated carbocycles. The topological polar surface area (TPSA) is 93.5 Å². The molecule has 0 bridgehead atoms. The van der Waals surface area contributed by atoms with Crippen LogP contribution in [0.2, 0.25) is 0 Å². The number of fused-ring (bicyclic) bond motifs is 2. The lowest BCUT2D eigenvalue weighted by Crippen LogP contribution is -2.40. The van der Waals surface area contributed by atoms with Crippen LogP contribution in [-0.4, -0.2) is 54.1 Å². The van der Waals surface area contributed by atoms with Gasteiger partial charge in [0.25, 0.3) is 0 Å². The summed E-state index contributed by atoms with van der Waals surface area (Å²) in [5.41, 5.74) is 3.78. The van der Waals surface area contributed by atoms with Gasteiger partial charge in [-0.15, -0.1) is 0 Å². The first kappa shape index (κ1) is 20.4. The summed E-state index contributed by atoms with van der Waals surface area (Å²) in [7, 11) is -1.85. The highest BCUT2D eigenvalue weighted by Crippen LogP contribution is 2.25. The highest BCUT2D eigenvalue weighted by Gasteiger charge is 2.26. The number of rotatable bonds is 7. The summed E-state index contributed by atoms with van der Waals surface area (Å²) in [6.45, 7) is 0.938. The Morgan fingerprint density at radius 3 is 2.87 bits per heavy atom. The zero-order chi connectivity index (χ0) is 21.1. The van der Waals surface area contributed by atoms with Crippen molar-refractivity contribution < 1.29 is 17.9 Å². The van der Waals surface area contributed by atoms with Crippen LogP contribution >= 0.6 is 0 Å². The number of imidazole rings is 1. The third-order valence-corrected chi connectivity index (χ3v) is 7.13. The van der Waals surface area contributed by atoms with Crippen LogP contribution in [0.5, 0.6) is 5.75 Å². The van der Waals surface area contributed by atoms with Gasteiger partial charge in [-0.1, -0.05) is 18.2 Å². The number of hydrogen-bond acceptors (Lipinski definition) is 5. The summed E-state index contributed by atoms with van der Waals surface area (Å²) < 4.78 is 33.9. The SMILES string of the molecule is COc1ccc2c(c1)CCN(S(=O)(=O)CCNC(=O)Cn1cnc3ccccc31)C2. The molecule has 158 valence electrons. The minimum Gasteiger partial charge on any atom is -0.497 e. The number of hydrogen-bond donors (Lipinski definition) is 1. The van der Waals surface area contributed by atoms with Crippen molar-refractivity contribution in [3.63, 3.8) is 0 Å². The number of carbonyl (C=O) groups is 1. The molecule has 2 aromatic carbocycles. The molecule has 30 heavy (non-hydrogen) atoms. The number of sulfonamides is 1. The second-order valence-electron chi connectivity index (χ2n) is 7.25. The minimum absolute atomic E-state index is 0.0692. The van der Waals surface area contributed by atoms with Gasteiger partial charge in [0.2, 0.25) is 15.9 Å². The zero-order valence-electron chi connectivity index (χ0n) is 16.7. The number of nitrogens with zero attached hydrogens (tertiary/aromatic N) is 3. The molecule has 0 spiro atoms. The van der Waals surface area contributed by atoms with E-state index in [1.54, 1.807) is 18.0 Å². The lowest BCUT2D eigenvalue weighted by molar-refractivity contribution is -0.121. The number of ether oxygens (including phenoxy) is 1. The Kier molecular flexibility index (Phi) is 5.74. The number of aromatic nitrogens is 2. The first-order valence-corrected chi connectivity index (χ1v) is 11.4. The molecule has 0 aliphatic carbocycles. The van der Waals surface area contributed by atoms with Crippen molar-refractivity contribution in [3.8, 4) is 5.75 Å². The van der Waals surface area contributed by atoms with E-state index < -0.39 is 10.0 Å². The van der Waals surface area contributed by atoms with Crippen molar-refractivity contribution >= 4 is 27.0 Å². The molecule has 0 saturated heterocycles. The largest absolute Gasteiger partial charge is 0.497 e. The fraction of sp³-hybridized carbons (Fsp3) is 0.333. The molecule has 0 atom stereocenters. The molecule has 1 N–H and O–H groups in total. The monoisotopic (exact) mass is 428 g/mol. The summed E-state index contributed by atoms with van der Waals surface area (Å²) in [6.07, 6.45) is 2.26. The molecular formula is C21H24N4O4S. The molecular weight excluding hydrogens is 404 g/mol. The maximum Gasteiger partial charge on any atom is 0.240 e. The highest BCUT2D eigenvalue weighted by molar-refractivity contribution is 7.89.